The van der Waals surface area contributed by atoms with Crippen molar-refractivity contribution < 1.29 is 9.47 Å². The van der Waals surface area contributed by atoms with Gasteiger partial charge in [0.2, 0.25) is 0 Å². The third-order valence-corrected chi connectivity index (χ3v) is 5.58. The maximum absolute atomic E-state index is 6.11. The maximum Gasteiger partial charge on any atom is 0.0959 e. The Balaban J connectivity index is 1.26. The van der Waals surface area contributed by atoms with Crippen LogP contribution in [0.5, 0.6) is 0 Å². The van der Waals surface area contributed by atoms with E-state index in [1.54, 1.807) is 11.3 Å². The van der Waals surface area contributed by atoms with Gasteiger partial charge in [-0.25, -0.2) is 4.98 Å². The Kier molecular flexibility index (Phi) is 4.63. The molecule has 1 atom stereocenters. The first-order valence-electron chi connectivity index (χ1n) is 8.49. The molecule has 2 aliphatic rings. The lowest BCUT2D eigenvalue weighted by molar-refractivity contribution is -0.200. The first kappa shape index (κ1) is 16.1. The molecule has 2 fully saturated rings. The van der Waals surface area contributed by atoms with Crippen LogP contribution in [0, 0.1) is 6.92 Å². The molecular weight excluding hydrogens is 322 g/mol. The van der Waals surface area contributed by atoms with E-state index in [-0.39, 0.29) is 11.7 Å². The molecule has 0 unspecified atom stereocenters. The van der Waals surface area contributed by atoms with Crippen molar-refractivity contribution in [3.63, 3.8) is 0 Å². The number of likely N-dealkylation sites (tertiary alicyclic amines) is 1. The lowest BCUT2D eigenvalue weighted by Gasteiger charge is -2.53. The quantitative estimate of drug-likeness (QED) is 0.834. The van der Waals surface area contributed by atoms with E-state index in [4.69, 9.17) is 9.47 Å². The number of hydrogen-bond donors (Lipinski definition) is 0. The Bertz CT molecular complexity index is 670. The number of nitrogens with zero attached hydrogens (tertiary/aromatic N) is 3. The van der Waals surface area contributed by atoms with Crippen molar-refractivity contribution in [1.29, 1.82) is 0 Å². The van der Waals surface area contributed by atoms with Crippen molar-refractivity contribution in [2.75, 3.05) is 19.7 Å². The third kappa shape index (κ3) is 3.67. The van der Waals surface area contributed by atoms with E-state index < -0.39 is 0 Å². The van der Waals surface area contributed by atoms with Crippen LogP contribution in [-0.2, 0) is 22.6 Å². The smallest absolute Gasteiger partial charge is 0.0959 e. The molecule has 2 aromatic rings. The van der Waals surface area contributed by atoms with Gasteiger partial charge in [0.05, 0.1) is 29.0 Å². The third-order valence-electron chi connectivity index (χ3n) is 4.76. The first-order valence-corrected chi connectivity index (χ1v) is 9.37. The molecule has 24 heavy (non-hydrogen) atoms. The zero-order chi connectivity index (χ0) is 16.4. The molecule has 4 rings (SSSR count). The molecule has 2 aliphatic heterocycles. The molecule has 0 radical (unpaired) electrons. The Morgan fingerprint density at radius 1 is 1.38 bits per heavy atom. The molecule has 0 saturated carbocycles. The summed E-state index contributed by atoms with van der Waals surface area (Å²) in [6.07, 6.45) is 5.96. The van der Waals surface area contributed by atoms with Crippen molar-refractivity contribution in [2.45, 2.75) is 44.6 Å². The van der Waals surface area contributed by atoms with Gasteiger partial charge in [0.1, 0.15) is 0 Å². The van der Waals surface area contributed by atoms with Crippen molar-refractivity contribution in [1.82, 2.24) is 14.9 Å². The summed E-state index contributed by atoms with van der Waals surface area (Å²) in [5.74, 6) is 0. The van der Waals surface area contributed by atoms with Crippen LogP contribution in [0.1, 0.15) is 29.1 Å². The molecular formula is C18H23N3O2S. The van der Waals surface area contributed by atoms with Gasteiger partial charge in [-0.3, -0.25) is 9.88 Å². The Labute approximate surface area is 146 Å². The van der Waals surface area contributed by atoms with Gasteiger partial charge >= 0.3 is 0 Å². The second-order valence-electron chi connectivity index (χ2n) is 6.82. The molecule has 2 saturated heterocycles. The van der Waals surface area contributed by atoms with Crippen LogP contribution in [0.2, 0.25) is 0 Å². The Morgan fingerprint density at radius 3 is 2.96 bits per heavy atom. The van der Waals surface area contributed by atoms with E-state index >= 15 is 0 Å². The zero-order valence-corrected chi connectivity index (χ0v) is 14.8. The summed E-state index contributed by atoms with van der Waals surface area (Å²) in [5, 5.41) is 3.19. The summed E-state index contributed by atoms with van der Waals surface area (Å²) in [7, 11) is 0. The fourth-order valence-electron chi connectivity index (χ4n) is 3.65. The van der Waals surface area contributed by atoms with E-state index in [9.17, 15) is 0 Å². The molecule has 128 valence electrons. The molecule has 0 aliphatic carbocycles. The highest BCUT2D eigenvalue weighted by atomic mass is 32.1. The number of pyridine rings is 1. The zero-order valence-electron chi connectivity index (χ0n) is 14.0. The Morgan fingerprint density at radius 2 is 2.21 bits per heavy atom. The molecule has 6 heteroatoms. The highest BCUT2D eigenvalue weighted by Crippen LogP contribution is 2.36. The average molecular weight is 345 g/mol. The number of hydrogen-bond acceptors (Lipinski definition) is 6. The minimum Gasteiger partial charge on any atom is -0.372 e. The van der Waals surface area contributed by atoms with E-state index in [0.29, 0.717) is 6.61 Å². The van der Waals surface area contributed by atoms with Crippen LogP contribution in [0.3, 0.4) is 0 Å². The maximum atomic E-state index is 6.11. The molecule has 5 nitrogen and oxygen atoms in total. The highest BCUT2D eigenvalue weighted by Gasteiger charge is 2.47. The Hall–Kier alpha value is -1.34. The van der Waals surface area contributed by atoms with Crippen molar-refractivity contribution in [2.24, 2.45) is 0 Å². The highest BCUT2D eigenvalue weighted by molar-refractivity contribution is 7.09. The van der Waals surface area contributed by atoms with E-state index in [1.807, 2.05) is 19.3 Å². The second kappa shape index (κ2) is 6.88. The summed E-state index contributed by atoms with van der Waals surface area (Å²) in [4.78, 5) is 11.0. The summed E-state index contributed by atoms with van der Waals surface area (Å²) in [5.41, 5.74) is 2.35. The van der Waals surface area contributed by atoms with Crippen molar-refractivity contribution >= 4 is 11.3 Å². The van der Waals surface area contributed by atoms with Crippen molar-refractivity contribution in [3.8, 4) is 0 Å². The van der Waals surface area contributed by atoms with Crippen LogP contribution >= 0.6 is 11.3 Å². The van der Waals surface area contributed by atoms with Crippen LogP contribution in [0.4, 0.5) is 0 Å². The van der Waals surface area contributed by atoms with Crippen LogP contribution in [0.25, 0.3) is 0 Å². The number of aromatic nitrogens is 2. The van der Waals surface area contributed by atoms with Gasteiger partial charge in [-0.1, -0.05) is 0 Å². The molecule has 0 N–H and O–H groups in total. The van der Waals surface area contributed by atoms with Gasteiger partial charge in [-0.2, -0.15) is 0 Å². The fraction of sp³-hybridized carbons (Fsp3) is 0.556. The number of rotatable bonds is 5. The summed E-state index contributed by atoms with van der Waals surface area (Å²) in [6.45, 7) is 6.40. The van der Waals surface area contributed by atoms with Gasteiger partial charge in [0.25, 0.3) is 0 Å². The topological polar surface area (TPSA) is 47.5 Å². The van der Waals surface area contributed by atoms with Crippen molar-refractivity contribution in [3.05, 3.63) is 46.2 Å². The van der Waals surface area contributed by atoms with Gasteiger partial charge in [0, 0.05) is 50.4 Å². The van der Waals surface area contributed by atoms with Gasteiger partial charge < -0.3 is 9.47 Å². The summed E-state index contributed by atoms with van der Waals surface area (Å²) < 4.78 is 12.2. The number of thiazole rings is 1. The largest absolute Gasteiger partial charge is 0.372 e. The molecule has 1 spiro atoms. The lowest BCUT2D eigenvalue weighted by atomic mass is 9.84. The number of aryl methyl sites for hydroxylation is 1. The van der Waals surface area contributed by atoms with E-state index in [0.717, 1.165) is 49.8 Å². The summed E-state index contributed by atoms with van der Waals surface area (Å²) in [6, 6.07) is 4.16. The minimum absolute atomic E-state index is 0.00601. The first-order chi connectivity index (χ1) is 11.7. The molecule has 0 amide bonds. The molecule has 0 bridgehead atoms. The van der Waals surface area contributed by atoms with Crippen LogP contribution in [0.15, 0.2) is 29.9 Å². The van der Waals surface area contributed by atoms with Gasteiger partial charge in [0.15, 0.2) is 0 Å². The predicted molar refractivity (Wildman–Crippen MR) is 92.9 cm³/mol. The van der Waals surface area contributed by atoms with Gasteiger partial charge in [-0.05, 0) is 31.0 Å². The average Bonchev–Trinajstić information content (AvgIpc) is 2.98. The normalized spacial score (nSPS) is 23.3. The van der Waals surface area contributed by atoms with Gasteiger partial charge in [-0.15, -0.1) is 11.3 Å². The molecule has 0 aromatic carbocycles. The SMILES string of the molecule is Cc1nc(CO[C@H]2CCOC3(C2)CN(Cc2ccncc2)C3)cs1. The minimum atomic E-state index is -0.00601. The second-order valence-corrected chi connectivity index (χ2v) is 7.88. The molecule has 4 heterocycles. The fourth-order valence-corrected chi connectivity index (χ4v) is 4.25. The number of ether oxygens (including phenoxy) is 2. The van der Waals surface area contributed by atoms with E-state index in [1.165, 1.54) is 5.56 Å². The van der Waals surface area contributed by atoms with Crippen LogP contribution in [-0.4, -0.2) is 46.3 Å². The molecule has 2 aromatic heterocycles. The predicted octanol–water partition coefficient (Wildman–Crippen LogP) is 2.80. The summed E-state index contributed by atoms with van der Waals surface area (Å²) >= 11 is 1.68. The lowest BCUT2D eigenvalue weighted by Crippen LogP contribution is -2.65. The van der Waals surface area contributed by atoms with Crippen LogP contribution < -0.4 is 0 Å². The van der Waals surface area contributed by atoms with E-state index in [2.05, 4.69) is 32.4 Å². The monoisotopic (exact) mass is 345 g/mol. The standard InChI is InChI=1S/C18H23N3O2S/c1-14-20-16(11-24-14)10-22-17-4-7-23-18(8-17)12-21(13-18)9-15-2-5-19-6-3-15/h2-3,5-6,11,17H,4,7-10,12-13H2,1H3/t17-/m0/s1.